The van der Waals surface area contributed by atoms with Crippen LogP contribution in [-0.2, 0) is 9.59 Å². The third-order valence-corrected chi connectivity index (χ3v) is 10.9. The molecule has 5 rings (SSSR count). The minimum absolute atomic E-state index is 0.0303. The third-order valence-electron chi connectivity index (χ3n) is 10.9. The zero-order chi connectivity index (χ0) is 31.1. The second kappa shape index (κ2) is 15.0. The first kappa shape index (κ1) is 32.6. The second-order valence-corrected chi connectivity index (χ2v) is 14.0. The molecule has 0 radical (unpaired) electrons. The summed E-state index contributed by atoms with van der Waals surface area (Å²) in [4.78, 5) is 35.2. The van der Waals surface area contributed by atoms with Crippen molar-refractivity contribution in [2.75, 3.05) is 36.8 Å². The summed E-state index contributed by atoms with van der Waals surface area (Å²) in [5, 5.41) is 6.03. The number of anilines is 2. The first-order valence-electron chi connectivity index (χ1n) is 17.4. The summed E-state index contributed by atoms with van der Waals surface area (Å²) in [7, 11) is 0. The van der Waals surface area contributed by atoms with Crippen molar-refractivity contribution < 1.29 is 9.59 Å². The van der Waals surface area contributed by atoms with Crippen LogP contribution in [0.4, 0.5) is 11.4 Å². The Kier molecular flexibility index (Phi) is 11.1. The molecule has 240 valence electrons. The summed E-state index contributed by atoms with van der Waals surface area (Å²) >= 11 is 0. The molecule has 2 aliphatic carbocycles. The van der Waals surface area contributed by atoms with E-state index in [1.54, 1.807) is 6.20 Å². The molecule has 2 amide bonds. The van der Waals surface area contributed by atoms with Gasteiger partial charge >= 0.3 is 0 Å². The zero-order valence-corrected chi connectivity index (χ0v) is 27.7. The molecule has 1 aromatic rings. The van der Waals surface area contributed by atoms with Crippen molar-refractivity contribution in [1.29, 1.82) is 0 Å². The van der Waals surface area contributed by atoms with Gasteiger partial charge in [0.05, 0.1) is 29.8 Å². The molecule has 44 heavy (non-hydrogen) atoms. The first-order chi connectivity index (χ1) is 21.2. The number of likely N-dealkylation sites (tertiary alicyclic amines) is 1. The van der Waals surface area contributed by atoms with Gasteiger partial charge in [0.15, 0.2) is 0 Å². The van der Waals surface area contributed by atoms with Crippen molar-refractivity contribution in [2.45, 2.75) is 117 Å². The monoisotopic (exact) mass is 601 g/mol. The fraction of sp³-hybridized carbons (Fsp3) is 0.649. The zero-order valence-electron chi connectivity index (χ0n) is 27.7. The molecule has 1 spiro atoms. The summed E-state index contributed by atoms with van der Waals surface area (Å²) in [6, 6.07) is 2.60. The fourth-order valence-electron chi connectivity index (χ4n) is 7.75. The van der Waals surface area contributed by atoms with Crippen LogP contribution in [-0.4, -0.2) is 64.9 Å². The predicted octanol–water partition coefficient (Wildman–Crippen LogP) is 7.42. The van der Waals surface area contributed by atoms with E-state index in [2.05, 4.69) is 63.6 Å². The molecule has 2 aliphatic heterocycles. The lowest BCUT2D eigenvalue weighted by Crippen LogP contribution is -2.45. The van der Waals surface area contributed by atoms with Gasteiger partial charge in [-0.05, 0) is 108 Å². The first-order valence-corrected chi connectivity index (χ1v) is 17.4. The third kappa shape index (κ3) is 8.28. The number of amides is 2. The SMILES string of the molecule is CCC1C=CC(C2CCCCC2)=CC(C)N1CCC=C(C)C(=O)Nc1cc(NC(=O)CN2CCC3(CCC3)CC2)cnc1C. The average molecular weight is 602 g/mol. The van der Waals surface area contributed by atoms with Crippen LogP contribution in [0.5, 0.6) is 0 Å². The number of piperidine rings is 1. The van der Waals surface area contributed by atoms with Gasteiger partial charge in [0.1, 0.15) is 0 Å². The van der Waals surface area contributed by atoms with E-state index in [1.807, 2.05) is 19.9 Å². The summed E-state index contributed by atoms with van der Waals surface area (Å²) in [5.41, 5.74) is 4.76. The van der Waals surface area contributed by atoms with Crippen LogP contribution < -0.4 is 10.6 Å². The van der Waals surface area contributed by atoms with Gasteiger partial charge < -0.3 is 10.6 Å². The van der Waals surface area contributed by atoms with E-state index in [1.165, 1.54) is 69.8 Å². The molecule has 1 saturated heterocycles. The Hall–Kier alpha value is -2.77. The van der Waals surface area contributed by atoms with Crippen molar-refractivity contribution in [3.63, 3.8) is 0 Å². The predicted molar refractivity (Wildman–Crippen MR) is 181 cm³/mol. The maximum atomic E-state index is 13.1. The van der Waals surface area contributed by atoms with Gasteiger partial charge in [-0.2, -0.15) is 0 Å². The molecule has 3 heterocycles. The molecule has 3 fully saturated rings. The Morgan fingerprint density at radius 2 is 1.82 bits per heavy atom. The fourth-order valence-corrected chi connectivity index (χ4v) is 7.75. The molecule has 1 aromatic heterocycles. The van der Waals surface area contributed by atoms with Gasteiger partial charge in [-0.25, -0.2) is 0 Å². The van der Waals surface area contributed by atoms with Crippen LogP contribution >= 0.6 is 0 Å². The van der Waals surface area contributed by atoms with Gasteiger partial charge in [0.25, 0.3) is 5.91 Å². The Balaban J connectivity index is 1.12. The number of carbonyl (C=O) groups excluding carboxylic acids is 2. The summed E-state index contributed by atoms with van der Waals surface area (Å²) in [6.07, 6.45) is 26.1. The van der Waals surface area contributed by atoms with Crippen LogP contribution in [0.15, 0.2) is 47.7 Å². The maximum Gasteiger partial charge on any atom is 0.251 e. The van der Waals surface area contributed by atoms with Crippen molar-refractivity contribution in [1.82, 2.24) is 14.8 Å². The van der Waals surface area contributed by atoms with E-state index in [0.717, 1.165) is 38.2 Å². The lowest BCUT2D eigenvalue weighted by Gasteiger charge is -2.47. The Morgan fingerprint density at radius 3 is 2.50 bits per heavy atom. The largest absolute Gasteiger partial charge is 0.324 e. The molecule has 2 N–H and O–H groups in total. The van der Waals surface area contributed by atoms with E-state index >= 15 is 0 Å². The normalized spacial score (nSPS) is 24.8. The number of rotatable bonds is 10. The standard InChI is InChI=1S/C37H55N5O2/c1-5-33-15-14-31(30-12-7-6-8-13-30)23-28(3)42(33)20-9-11-27(2)36(44)40-34-24-32(25-38-29(34)4)39-35(43)26-41-21-18-37(19-22-41)16-10-17-37/h11,14-15,23-25,28,30,33H,5-10,12-13,16-22,26H2,1-4H3,(H,39,43)(H,40,44). The van der Waals surface area contributed by atoms with Gasteiger partial charge in [-0.15, -0.1) is 0 Å². The van der Waals surface area contributed by atoms with Gasteiger partial charge in [-0.3, -0.25) is 24.4 Å². The van der Waals surface area contributed by atoms with Crippen LogP contribution in [0.1, 0.15) is 104 Å². The van der Waals surface area contributed by atoms with Gasteiger partial charge in [-0.1, -0.05) is 56.9 Å². The summed E-state index contributed by atoms with van der Waals surface area (Å²) in [6.45, 7) is 11.6. The number of pyridine rings is 1. The molecule has 7 heteroatoms. The van der Waals surface area contributed by atoms with Crippen LogP contribution in [0.3, 0.4) is 0 Å². The Morgan fingerprint density at radius 1 is 1.07 bits per heavy atom. The van der Waals surface area contributed by atoms with Crippen molar-refractivity contribution in [3.05, 3.63) is 53.4 Å². The molecular weight excluding hydrogens is 546 g/mol. The maximum absolute atomic E-state index is 13.1. The molecule has 7 nitrogen and oxygen atoms in total. The van der Waals surface area contributed by atoms with Gasteiger partial charge in [0, 0.05) is 24.2 Å². The van der Waals surface area contributed by atoms with E-state index in [9.17, 15) is 9.59 Å². The minimum Gasteiger partial charge on any atom is -0.324 e. The van der Waals surface area contributed by atoms with Crippen LogP contribution in [0, 0.1) is 18.3 Å². The van der Waals surface area contributed by atoms with Crippen molar-refractivity contribution in [3.8, 4) is 0 Å². The Labute approximate surface area is 265 Å². The van der Waals surface area contributed by atoms with E-state index < -0.39 is 0 Å². The summed E-state index contributed by atoms with van der Waals surface area (Å²) in [5.74, 6) is 0.550. The van der Waals surface area contributed by atoms with E-state index in [0.29, 0.717) is 46.9 Å². The average Bonchev–Trinajstić information content (AvgIpc) is 3.17. The second-order valence-electron chi connectivity index (χ2n) is 14.0. The number of nitrogens with zero attached hydrogens (tertiary/aromatic N) is 3. The summed E-state index contributed by atoms with van der Waals surface area (Å²) < 4.78 is 0. The molecule has 0 aromatic carbocycles. The molecule has 0 bridgehead atoms. The number of allylic oxidation sites excluding steroid dienone is 2. The smallest absolute Gasteiger partial charge is 0.251 e. The number of carbonyl (C=O) groups is 2. The highest BCUT2D eigenvalue weighted by Gasteiger charge is 2.39. The molecular formula is C37H55N5O2. The highest BCUT2D eigenvalue weighted by Crippen LogP contribution is 2.48. The minimum atomic E-state index is -0.132. The number of nitrogens with one attached hydrogen (secondary N) is 2. The topological polar surface area (TPSA) is 77.6 Å². The molecule has 2 atom stereocenters. The molecule has 2 saturated carbocycles. The van der Waals surface area contributed by atoms with Crippen LogP contribution in [0.25, 0.3) is 0 Å². The number of aromatic nitrogens is 1. The number of hydrogen-bond acceptors (Lipinski definition) is 5. The molecule has 4 aliphatic rings. The highest BCUT2D eigenvalue weighted by atomic mass is 16.2. The van der Waals surface area contributed by atoms with E-state index in [4.69, 9.17) is 0 Å². The number of aryl methyl sites for hydroxylation is 1. The lowest BCUT2D eigenvalue weighted by atomic mass is 9.63. The van der Waals surface area contributed by atoms with Crippen molar-refractivity contribution >= 4 is 23.2 Å². The van der Waals surface area contributed by atoms with E-state index in [-0.39, 0.29) is 11.8 Å². The quantitative estimate of drug-likeness (QED) is 0.273. The molecule has 2 unspecified atom stereocenters. The lowest BCUT2D eigenvalue weighted by molar-refractivity contribution is -0.118. The number of hydrogen-bond donors (Lipinski definition) is 2. The Bertz CT molecular complexity index is 1250. The van der Waals surface area contributed by atoms with Gasteiger partial charge in [0.2, 0.25) is 5.91 Å². The van der Waals surface area contributed by atoms with Crippen LogP contribution in [0.2, 0.25) is 0 Å². The highest BCUT2D eigenvalue weighted by molar-refractivity contribution is 6.04. The van der Waals surface area contributed by atoms with Crippen molar-refractivity contribution in [2.24, 2.45) is 11.3 Å².